The van der Waals surface area contributed by atoms with E-state index in [-0.39, 0.29) is 6.10 Å². The fourth-order valence-electron chi connectivity index (χ4n) is 2.71. The van der Waals surface area contributed by atoms with Gasteiger partial charge in [-0.15, -0.1) is 0 Å². The Hall–Kier alpha value is -0.0400. The maximum atomic E-state index is 9.87. The third kappa shape index (κ3) is 2.73. The van der Waals surface area contributed by atoms with Crippen LogP contribution in [0.3, 0.4) is 0 Å². The molecule has 1 heteroatoms. The molecule has 2 fully saturated rings. The molecule has 0 heterocycles. The van der Waals surface area contributed by atoms with E-state index in [0.29, 0.717) is 11.3 Å². The minimum absolute atomic E-state index is 0.0289. The maximum Gasteiger partial charge on any atom is 0.0571 e. The Morgan fingerprint density at radius 1 is 1.14 bits per heavy atom. The van der Waals surface area contributed by atoms with Crippen LogP contribution in [0, 0.1) is 17.3 Å². The van der Waals surface area contributed by atoms with Crippen molar-refractivity contribution in [2.45, 2.75) is 64.9 Å². The number of hydrogen-bond donors (Lipinski definition) is 1. The number of hydrogen-bond acceptors (Lipinski definition) is 1. The average molecular weight is 196 g/mol. The maximum absolute atomic E-state index is 9.87. The highest BCUT2D eigenvalue weighted by atomic mass is 16.3. The predicted octanol–water partition coefficient (Wildman–Crippen LogP) is 3.36. The zero-order valence-electron chi connectivity index (χ0n) is 9.63. The smallest absolute Gasteiger partial charge is 0.0571 e. The van der Waals surface area contributed by atoms with Gasteiger partial charge in [-0.25, -0.2) is 0 Å². The standard InChI is InChI=1S/C13H24O/c1-13(2)7-5-10(6-8-13)9-12(14)11-3-4-11/h10-12,14H,3-9H2,1-2H3. The van der Waals surface area contributed by atoms with Gasteiger partial charge in [0.25, 0.3) is 0 Å². The van der Waals surface area contributed by atoms with Crippen LogP contribution in [0.25, 0.3) is 0 Å². The van der Waals surface area contributed by atoms with Crippen LogP contribution < -0.4 is 0 Å². The summed E-state index contributed by atoms with van der Waals surface area (Å²) in [6, 6.07) is 0. The van der Waals surface area contributed by atoms with E-state index in [9.17, 15) is 5.11 Å². The first-order valence-electron chi connectivity index (χ1n) is 6.25. The Balaban J connectivity index is 1.72. The summed E-state index contributed by atoms with van der Waals surface area (Å²) in [7, 11) is 0. The van der Waals surface area contributed by atoms with E-state index < -0.39 is 0 Å². The minimum atomic E-state index is 0.0289. The van der Waals surface area contributed by atoms with Crippen molar-refractivity contribution in [3.8, 4) is 0 Å². The predicted molar refractivity (Wildman–Crippen MR) is 59.1 cm³/mol. The molecule has 82 valence electrons. The van der Waals surface area contributed by atoms with Crippen molar-refractivity contribution in [1.82, 2.24) is 0 Å². The lowest BCUT2D eigenvalue weighted by molar-refractivity contribution is 0.0919. The van der Waals surface area contributed by atoms with E-state index in [0.717, 1.165) is 12.3 Å². The second-order valence-electron chi connectivity index (χ2n) is 6.25. The Bertz CT molecular complexity index is 183. The summed E-state index contributed by atoms with van der Waals surface area (Å²) < 4.78 is 0. The van der Waals surface area contributed by atoms with E-state index in [4.69, 9.17) is 0 Å². The Morgan fingerprint density at radius 3 is 2.21 bits per heavy atom. The van der Waals surface area contributed by atoms with Gasteiger partial charge in [0.15, 0.2) is 0 Å². The van der Waals surface area contributed by atoms with Crippen molar-refractivity contribution < 1.29 is 5.11 Å². The first-order valence-corrected chi connectivity index (χ1v) is 6.25. The van der Waals surface area contributed by atoms with Crippen LogP contribution in [0.2, 0.25) is 0 Å². The van der Waals surface area contributed by atoms with Gasteiger partial charge in [0.2, 0.25) is 0 Å². The van der Waals surface area contributed by atoms with Gasteiger partial charge in [-0.05, 0) is 62.2 Å². The fraction of sp³-hybridized carbons (Fsp3) is 1.00. The van der Waals surface area contributed by atoms with E-state index in [1.807, 2.05) is 0 Å². The third-order valence-corrected chi connectivity index (χ3v) is 4.20. The van der Waals surface area contributed by atoms with Crippen LogP contribution in [0.5, 0.6) is 0 Å². The normalized spacial score (nSPS) is 30.2. The van der Waals surface area contributed by atoms with Crippen LogP contribution in [0.4, 0.5) is 0 Å². The molecule has 2 rings (SSSR count). The van der Waals surface area contributed by atoms with E-state index in [1.54, 1.807) is 0 Å². The molecular formula is C13H24O. The topological polar surface area (TPSA) is 20.2 Å². The molecule has 0 saturated heterocycles. The van der Waals surface area contributed by atoms with Crippen molar-refractivity contribution in [1.29, 1.82) is 0 Å². The van der Waals surface area contributed by atoms with Crippen molar-refractivity contribution >= 4 is 0 Å². The highest BCUT2D eigenvalue weighted by molar-refractivity contribution is 4.85. The summed E-state index contributed by atoms with van der Waals surface area (Å²) in [6.07, 6.45) is 9.07. The highest BCUT2D eigenvalue weighted by Gasteiger charge is 2.33. The first-order chi connectivity index (χ1) is 6.57. The van der Waals surface area contributed by atoms with Gasteiger partial charge in [0, 0.05) is 0 Å². The molecule has 0 amide bonds. The van der Waals surface area contributed by atoms with Gasteiger partial charge >= 0.3 is 0 Å². The lowest BCUT2D eigenvalue weighted by Gasteiger charge is -2.35. The number of rotatable bonds is 3. The lowest BCUT2D eigenvalue weighted by Crippen LogP contribution is -2.24. The summed E-state index contributed by atoms with van der Waals surface area (Å²) in [5.74, 6) is 1.49. The molecule has 0 aliphatic heterocycles. The van der Waals surface area contributed by atoms with Gasteiger partial charge < -0.3 is 5.11 Å². The molecule has 1 atom stereocenters. The Morgan fingerprint density at radius 2 is 1.71 bits per heavy atom. The van der Waals surface area contributed by atoms with E-state index >= 15 is 0 Å². The zero-order chi connectivity index (χ0) is 10.2. The van der Waals surface area contributed by atoms with Gasteiger partial charge in [-0.3, -0.25) is 0 Å². The highest BCUT2D eigenvalue weighted by Crippen LogP contribution is 2.42. The van der Waals surface area contributed by atoms with Crippen molar-refractivity contribution in [3.63, 3.8) is 0 Å². The molecule has 1 N–H and O–H groups in total. The van der Waals surface area contributed by atoms with Gasteiger partial charge in [-0.1, -0.05) is 13.8 Å². The van der Waals surface area contributed by atoms with Gasteiger partial charge in [0.05, 0.1) is 6.10 Å². The molecule has 1 unspecified atom stereocenters. The molecule has 0 radical (unpaired) electrons. The molecule has 0 aromatic rings. The Labute approximate surface area is 87.9 Å². The van der Waals surface area contributed by atoms with Crippen molar-refractivity contribution in [3.05, 3.63) is 0 Å². The van der Waals surface area contributed by atoms with Crippen LogP contribution in [-0.4, -0.2) is 11.2 Å². The van der Waals surface area contributed by atoms with Crippen LogP contribution in [0.1, 0.15) is 58.8 Å². The minimum Gasteiger partial charge on any atom is -0.393 e. The molecule has 0 aromatic heterocycles. The molecule has 2 saturated carbocycles. The van der Waals surface area contributed by atoms with Gasteiger partial charge in [0.1, 0.15) is 0 Å². The summed E-state index contributed by atoms with van der Waals surface area (Å²) in [6.45, 7) is 4.75. The molecule has 0 bridgehead atoms. The van der Waals surface area contributed by atoms with E-state index in [1.165, 1.54) is 38.5 Å². The second-order valence-corrected chi connectivity index (χ2v) is 6.25. The third-order valence-electron chi connectivity index (χ3n) is 4.20. The second kappa shape index (κ2) is 3.84. The molecule has 14 heavy (non-hydrogen) atoms. The molecular weight excluding hydrogens is 172 g/mol. The summed E-state index contributed by atoms with van der Waals surface area (Å²) >= 11 is 0. The van der Waals surface area contributed by atoms with Crippen LogP contribution >= 0.6 is 0 Å². The molecule has 1 nitrogen and oxygen atoms in total. The van der Waals surface area contributed by atoms with Crippen molar-refractivity contribution in [2.75, 3.05) is 0 Å². The molecule has 2 aliphatic rings. The fourth-order valence-corrected chi connectivity index (χ4v) is 2.71. The molecule has 0 aromatic carbocycles. The number of aliphatic hydroxyl groups excluding tert-OH is 1. The summed E-state index contributed by atoms with van der Waals surface area (Å²) in [5, 5.41) is 9.87. The molecule has 2 aliphatic carbocycles. The largest absolute Gasteiger partial charge is 0.393 e. The quantitative estimate of drug-likeness (QED) is 0.734. The van der Waals surface area contributed by atoms with Crippen molar-refractivity contribution in [2.24, 2.45) is 17.3 Å². The summed E-state index contributed by atoms with van der Waals surface area (Å²) in [4.78, 5) is 0. The monoisotopic (exact) mass is 196 g/mol. The SMILES string of the molecule is CC1(C)CCC(CC(O)C2CC2)CC1. The van der Waals surface area contributed by atoms with E-state index in [2.05, 4.69) is 13.8 Å². The first kappa shape index (κ1) is 10.5. The summed E-state index contributed by atoms with van der Waals surface area (Å²) in [5.41, 5.74) is 0.570. The Kier molecular flexibility index (Phi) is 2.88. The van der Waals surface area contributed by atoms with Gasteiger partial charge in [-0.2, -0.15) is 0 Å². The van der Waals surface area contributed by atoms with Crippen LogP contribution in [-0.2, 0) is 0 Å². The zero-order valence-corrected chi connectivity index (χ0v) is 9.63. The number of aliphatic hydroxyl groups is 1. The average Bonchev–Trinajstić information content (AvgIpc) is 2.91. The van der Waals surface area contributed by atoms with Crippen LogP contribution in [0.15, 0.2) is 0 Å². The lowest BCUT2D eigenvalue weighted by atomic mass is 9.71. The molecule has 0 spiro atoms.